The summed E-state index contributed by atoms with van der Waals surface area (Å²) in [5.41, 5.74) is 5.54. The highest BCUT2D eigenvalue weighted by Gasteiger charge is 2.19. The molecular weight excluding hydrogens is 413 g/mol. The molecule has 4 nitrogen and oxygen atoms in total. The average Bonchev–Trinajstić information content (AvgIpc) is 3.03. The number of rotatable bonds is 7. The van der Waals surface area contributed by atoms with Crippen LogP contribution in [0, 0.1) is 18.2 Å². The molecule has 0 aliphatic rings. The van der Waals surface area contributed by atoms with Gasteiger partial charge in [0.25, 0.3) is 0 Å². The highest BCUT2D eigenvalue weighted by molar-refractivity contribution is 6.30. The molecule has 0 aliphatic carbocycles. The Morgan fingerprint density at radius 3 is 2.35 bits per heavy atom. The van der Waals surface area contributed by atoms with Gasteiger partial charge in [-0.2, -0.15) is 0 Å². The zero-order valence-corrected chi connectivity index (χ0v) is 18.4. The summed E-state index contributed by atoms with van der Waals surface area (Å²) < 4.78 is 23.1. The maximum Gasteiger partial charge on any atom is 0.203 e. The highest BCUT2D eigenvalue weighted by Crippen LogP contribution is 2.23. The molecule has 160 valence electrons. The molecule has 0 fully saturated rings. The van der Waals surface area contributed by atoms with E-state index in [-0.39, 0.29) is 11.1 Å². The smallest absolute Gasteiger partial charge is 0.203 e. The Morgan fingerprint density at radius 1 is 1.00 bits per heavy atom. The van der Waals surface area contributed by atoms with Crippen molar-refractivity contribution in [3.63, 3.8) is 0 Å². The first-order valence-corrected chi connectivity index (χ1v) is 10.6. The lowest BCUT2D eigenvalue weighted by Gasteiger charge is -2.19. The average molecular weight is 438 g/mol. The molecule has 0 bridgehead atoms. The Labute approximate surface area is 186 Å². The quantitative estimate of drug-likeness (QED) is 0.407. The van der Waals surface area contributed by atoms with Crippen molar-refractivity contribution in [3.05, 3.63) is 99.9 Å². The predicted molar refractivity (Wildman–Crippen MR) is 122 cm³/mol. The summed E-state index contributed by atoms with van der Waals surface area (Å²) in [5.74, 6) is -0.442. The van der Waals surface area contributed by atoms with Gasteiger partial charge in [0.1, 0.15) is 5.82 Å². The van der Waals surface area contributed by atoms with E-state index in [1.165, 1.54) is 17.2 Å². The van der Waals surface area contributed by atoms with Crippen LogP contribution in [0.1, 0.15) is 22.7 Å². The lowest BCUT2D eigenvalue weighted by molar-refractivity contribution is 0.154. The van der Waals surface area contributed by atoms with E-state index in [1.54, 1.807) is 19.2 Å². The Kier molecular flexibility index (Phi) is 6.25. The standard InChI is InChI=1S/C25H25ClFN3O/c1-17-7-9-18(10-8-17)13-20(16-31-2)30-24-6-4-3-5-23(24)29(25(30)28)15-19-11-12-22(27)21(26)14-19/h3-12,14,20,28H,13,15-16H2,1-2H3. The normalized spacial score (nSPS) is 12.4. The van der Waals surface area contributed by atoms with Crippen molar-refractivity contribution in [2.75, 3.05) is 13.7 Å². The second-order valence-electron chi connectivity index (χ2n) is 7.82. The van der Waals surface area contributed by atoms with E-state index in [0.29, 0.717) is 18.8 Å². The first kappa shape index (κ1) is 21.3. The van der Waals surface area contributed by atoms with E-state index in [4.69, 9.17) is 21.7 Å². The van der Waals surface area contributed by atoms with Crippen molar-refractivity contribution in [2.45, 2.75) is 25.9 Å². The van der Waals surface area contributed by atoms with Crippen LogP contribution in [0.5, 0.6) is 0 Å². The van der Waals surface area contributed by atoms with Gasteiger partial charge in [0.2, 0.25) is 5.62 Å². The molecular formula is C25H25ClFN3O. The number of fused-ring (bicyclic) bond motifs is 1. The van der Waals surface area contributed by atoms with E-state index in [0.717, 1.165) is 23.0 Å². The summed E-state index contributed by atoms with van der Waals surface area (Å²) in [7, 11) is 1.69. The second-order valence-corrected chi connectivity index (χ2v) is 8.22. The number of nitrogens with zero attached hydrogens (tertiary/aromatic N) is 2. The number of hydrogen-bond acceptors (Lipinski definition) is 2. The molecule has 4 rings (SSSR count). The van der Waals surface area contributed by atoms with Crippen molar-refractivity contribution in [2.24, 2.45) is 0 Å². The fourth-order valence-electron chi connectivity index (χ4n) is 4.02. The molecule has 6 heteroatoms. The van der Waals surface area contributed by atoms with Crippen molar-refractivity contribution < 1.29 is 9.13 Å². The van der Waals surface area contributed by atoms with Gasteiger partial charge in [-0.3, -0.25) is 5.41 Å². The Bertz CT molecular complexity index is 1260. The van der Waals surface area contributed by atoms with Crippen molar-refractivity contribution >= 4 is 22.6 Å². The molecule has 4 aromatic rings. The van der Waals surface area contributed by atoms with Gasteiger partial charge < -0.3 is 13.9 Å². The largest absolute Gasteiger partial charge is 0.383 e. The van der Waals surface area contributed by atoms with Crippen molar-refractivity contribution in [1.29, 1.82) is 5.41 Å². The highest BCUT2D eigenvalue weighted by atomic mass is 35.5. The van der Waals surface area contributed by atoms with Gasteiger partial charge in [0.15, 0.2) is 0 Å². The van der Waals surface area contributed by atoms with Crippen LogP contribution in [0.2, 0.25) is 5.02 Å². The molecule has 0 saturated carbocycles. The van der Waals surface area contributed by atoms with E-state index in [2.05, 4.69) is 31.2 Å². The molecule has 1 aromatic heterocycles. The number of methoxy groups -OCH3 is 1. The Hall–Kier alpha value is -2.89. The number of para-hydroxylation sites is 2. The Balaban J connectivity index is 1.79. The number of aromatic nitrogens is 2. The zero-order chi connectivity index (χ0) is 22.0. The summed E-state index contributed by atoms with van der Waals surface area (Å²) in [5, 5.41) is 9.08. The minimum atomic E-state index is -0.442. The van der Waals surface area contributed by atoms with Gasteiger partial charge in [-0.05, 0) is 48.7 Å². The van der Waals surface area contributed by atoms with Gasteiger partial charge in [-0.1, -0.05) is 59.6 Å². The van der Waals surface area contributed by atoms with E-state index in [1.807, 2.05) is 33.4 Å². The lowest BCUT2D eigenvalue weighted by Crippen LogP contribution is -2.31. The van der Waals surface area contributed by atoms with Crippen LogP contribution in [-0.2, 0) is 17.7 Å². The van der Waals surface area contributed by atoms with Crippen LogP contribution in [0.15, 0.2) is 66.7 Å². The molecule has 0 amide bonds. The topological polar surface area (TPSA) is 42.9 Å². The number of nitrogens with one attached hydrogen (secondary N) is 1. The molecule has 31 heavy (non-hydrogen) atoms. The number of benzene rings is 3. The fraction of sp³-hybridized carbons (Fsp3) is 0.240. The summed E-state index contributed by atoms with van der Waals surface area (Å²) in [4.78, 5) is 0. The molecule has 1 atom stereocenters. The SMILES string of the molecule is COCC(Cc1ccc(C)cc1)n1c(=N)n(Cc2ccc(F)c(Cl)c2)c2ccccc21. The lowest BCUT2D eigenvalue weighted by atomic mass is 10.0. The summed E-state index contributed by atoms with van der Waals surface area (Å²) in [6.07, 6.45) is 0.751. The van der Waals surface area contributed by atoms with E-state index < -0.39 is 5.82 Å². The number of aryl methyl sites for hydroxylation is 1. The van der Waals surface area contributed by atoms with Gasteiger partial charge in [0.05, 0.1) is 35.2 Å². The monoisotopic (exact) mass is 437 g/mol. The first-order valence-electron chi connectivity index (χ1n) is 10.2. The first-order chi connectivity index (χ1) is 15.0. The van der Waals surface area contributed by atoms with Crippen LogP contribution in [0.3, 0.4) is 0 Å². The van der Waals surface area contributed by atoms with E-state index in [9.17, 15) is 4.39 Å². The van der Waals surface area contributed by atoms with Gasteiger partial charge in [-0.15, -0.1) is 0 Å². The van der Waals surface area contributed by atoms with Crippen LogP contribution < -0.4 is 5.62 Å². The number of ether oxygens (including phenoxy) is 1. The van der Waals surface area contributed by atoms with Crippen LogP contribution in [0.4, 0.5) is 4.39 Å². The van der Waals surface area contributed by atoms with Gasteiger partial charge in [-0.25, -0.2) is 4.39 Å². The summed E-state index contributed by atoms with van der Waals surface area (Å²) in [6, 6.07) is 21.1. The summed E-state index contributed by atoms with van der Waals surface area (Å²) in [6.45, 7) is 2.99. The predicted octanol–water partition coefficient (Wildman–Crippen LogP) is 5.50. The Morgan fingerprint density at radius 2 is 1.68 bits per heavy atom. The minimum Gasteiger partial charge on any atom is -0.383 e. The molecule has 0 spiro atoms. The third kappa shape index (κ3) is 4.43. The minimum absolute atomic E-state index is 0.0387. The number of imidazole rings is 1. The van der Waals surface area contributed by atoms with E-state index >= 15 is 0 Å². The second kappa shape index (κ2) is 9.08. The molecule has 0 radical (unpaired) electrons. The molecule has 3 aromatic carbocycles. The summed E-state index contributed by atoms with van der Waals surface area (Å²) >= 11 is 5.98. The zero-order valence-electron chi connectivity index (χ0n) is 17.6. The third-order valence-electron chi connectivity index (χ3n) is 5.56. The number of halogens is 2. The molecule has 1 unspecified atom stereocenters. The molecule has 0 saturated heterocycles. The maximum atomic E-state index is 13.6. The number of hydrogen-bond donors (Lipinski definition) is 1. The van der Waals surface area contributed by atoms with Crippen molar-refractivity contribution in [1.82, 2.24) is 9.13 Å². The fourth-order valence-corrected chi connectivity index (χ4v) is 4.22. The third-order valence-corrected chi connectivity index (χ3v) is 5.85. The van der Waals surface area contributed by atoms with Gasteiger partial charge >= 0.3 is 0 Å². The van der Waals surface area contributed by atoms with Crippen LogP contribution >= 0.6 is 11.6 Å². The molecule has 1 heterocycles. The van der Waals surface area contributed by atoms with Crippen LogP contribution in [-0.4, -0.2) is 22.9 Å². The molecule has 1 N–H and O–H groups in total. The van der Waals surface area contributed by atoms with Crippen molar-refractivity contribution in [3.8, 4) is 0 Å². The van der Waals surface area contributed by atoms with Crippen LogP contribution in [0.25, 0.3) is 11.0 Å². The maximum absolute atomic E-state index is 13.6. The van der Waals surface area contributed by atoms with Gasteiger partial charge in [0, 0.05) is 7.11 Å². The molecule has 0 aliphatic heterocycles.